The second kappa shape index (κ2) is 7.42. The van der Waals surface area contributed by atoms with Crippen molar-refractivity contribution in [2.24, 2.45) is 11.8 Å². The number of hydrogen-bond donors (Lipinski definition) is 1. The van der Waals surface area contributed by atoms with Gasteiger partial charge in [-0.05, 0) is 30.4 Å². The SMILES string of the molecule is CC1CCC(CCN2CCNCC2c2ccccc2)CC1. The van der Waals surface area contributed by atoms with Crippen LogP contribution in [0.15, 0.2) is 30.3 Å². The van der Waals surface area contributed by atoms with E-state index in [0.717, 1.165) is 24.9 Å². The molecular weight excluding hydrogens is 256 g/mol. The van der Waals surface area contributed by atoms with Crippen molar-refractivity contribution in [1.82, 2.24) is 10.2 Å². The molecule has 1 aromatic rings. The Hall–Kier alpha value is -0.860. The minimum Gasteiger partial charge on any atom is -0.314 e. The van der Waals surface area contributed by atoms with Crippen LogP contribution < -0.4 is 5.32 Å². The predicted octanol–water partition coefficient (Wildman–Crippen LogP) is 3.85. The van der Waals surface area contributed by atoms with E-state index in [4.69, 9.17) is 0 Å². The summed E-state index contributed by atoms with van der Waals surface area (Å²) in [4.78, 5) is 2.71. The van der Waals surface area contributed by atoms with Gasteiger partial charge in [-0.1, -0.05) is 62.9 Å². The van der Waals surface area contributed by atoms with Crippen molar-refractivity contribution in [2.75, 3.05) is 26.2 Å². The first-order chi connectivity index (χ1) is 10.3. The van der Waals surface area contributed by atoms with Crippen molar-refractivity contribution in [1.29, 1.82) is 0 Å². The molecule has 1 N–H and O–H groups in total. The van der Waals surface area contributed by atoms with Gasteiger partial charge in [-0.15, -0.1) is 0 Å². The highest BCUT2D eigenvalue weighted by molar-refractivity contribution is 5.20. The molecule has 1 aliphatic heterocycles. The van der Waals surface area contributed by atoms with Crippen LogP contribution >= 0.6 is 0 Å². The Bertz CT molecular complexity index is 409. The van der Waals surface area contributed by atoms with Gasteiger partial charge < -0.3 is 5.32 Å². The summed E-state index contributed by atoms with van der Waals surface area (Å²) in [6.07, 6.45) is 7.23. The van der Waals surface area contributed by atoms with Crippen molar-refractivity contribution in [3.05, 3.63) is 35.9 Å². The average Bonchev–Trinajstić information content (AvgIpc) is 2.55. The molecule has 1 aromatic carbocycles. The lowest BCUT2D eigenvalue weighted by Crippen LogP contribution is -2.46. The van der Waals surface area contributed by atoms with Crippen LogP contribution in [0.4, 0.5) is 0 Å². The Kier molecular flexibility index (Phi) is 5.32. The fourth-order valence-electron chi connectivity index (χ4n) is 3.98. The van der Waals surface area contributed by atoms with E-state index in [1.807, 2.05) is 0 Å². The first kappa shape index (κ1) is 15.1. The first-order valence-corrected chi connectivity index (χ1v) is 8.82. The smallest absolute Gasteiger partial charge is 0.0473 e. The molecule has 0 spiro atoms. The second-order valence-electron chi connectivity index (χ2n) is 7.08. The van der Waals surface area contributed by atoms with Crippen molar-refractivity contribution in [2.45, 2.75) is 45.1 Å². The van der Waals surface area contributed by atoms with Gasteiger partial charge in [0, 0.05) is 25.7 Å². The van der Waals surface area contributed by atoms with E-state index in [-0.39, 0.29) is 0 Å². The number of rotatable bonds is 4. The maximum Gasteiger partial charge on any atom is 0.0473 e. The summed E-state index contributed by atoms with van der Waals surface area (Å²) < 4.78 is 0. The van der Waals surface area contributed by atoms with E-state index in [2.05, 4.69) is 47.5 Å². The lowest BCUT2D eigenvalue weighted by Gasteiger charge is -2.38. The number of benzene rings is 1. The second-order valence-corrected chi connectivity index (χ2v) is 7.08. The van der Waals surface area contributed by atoms with Gasteiger partial charge in [-0.25, -0.2) is 0 Å². The van der Waals surface area contributed by atoms with Gasteiger partial charge in [0.05, 0.1) is 0 Å². The monoisotopic (exact) mass is 286 g/mol. The molecule has 2 fully saturated rings. The largest absolute Gasteiger partial charge is 0.314 e. The highest BCUT2D eigenvalue weighted by Gasteiger charge is 2.25. The van der Waals surface area contributed by atoms with Crippen LogP contribution in [-0.2, 0) is 0 Å². The molecule has 0 amide bonds. The minimum absolute atomic E-state index is 0.572. The van der Waals surface area contributed by atoms with E-state index in [1.54, 1.807) is 0 Å². The quantitative estimate of drug-likeness (QED) is 0.904. The molecule has 21 heavy (non-hydrogen) atoms. The maximum absolute atomic E-state index is 3.57. The van der Waals surface area contributed by atoms with Crippen LogP contribution in [0.5, 0.6) is 0 Å². The number of nitrogens with one attached hydrogen (secondary N) is 1. The van der Waals surface area contributed by atoms with E-state index < -0.39 is 0 Å². The normalized spacial score (nSPS) is 31.2. The maximum atomic E-state index is 3.57. The molecule has 3 rings (SSSR count). The summed E-state index contributed by atoms with van der Waals surface area (Å²) in [6.45, 7) is 7.14. The van der Waals surface area contributed by atoms with E-state index in [1.165, 1.54) is 50.8 Å². The third-order valence-electron chi connectivity index (χ3n) is 5.50. The van der Waals surface area contributed by atoms with Crippen LogP contribution in [0, 0.1) is 11.8 Å². The van der Waals surface area contributed by atoms with Gasteiger partial charge in [0.2, 0.25) is 0 Å². The third-order valence-corrected chi connectivity index (χ3v) is 5.50. The van der Waals surface area contributed by atoms with Crippen molar-refractivity contribution in [3.63, 3.8) is 0 Å². The summed E-state index contributed by atoms with van der Waals surface area (Å²) >= 11 is 0. The first-order valence-electron chi connectivity index (χ1n) is 8.82. The molecule has 2 nitrogen and oxygen atoms in total. The van der Waals surface area contributed by atoms with Crippen LogP contribution in [0.2, 0.25) is 0 Å². The van der Waals surface area contributed by atoms with Gasteiger partial charge in [-0.3, -0.25) is 4.90 Å². The zero-order valence-electron chi connectivity index (χ0n) is 13.4. The highest BCUT2D eigenvalue weighted by Crippen LogP contribution is 2.31. The molecule has 0 bridgehead atoms. The Balaban J connectivity index is 1.55. The fourth-order valence-corrected chi connectivity index (χ4v) is 3.98. The summed E-state index contributed by atoms with van der Waals surface area (Å²) in [5.41, 5.74) is 1.47. The zero-order valence-corrected chi connectivity index (χ0v) is 13.4. The molecule has 0 aromatic heterocycles. The van der Waals surface area contributed by atoms with E-state index in [0.29, 0.717) is 6.04 Å². The van der Waals surface area contributed by atoms with Crippen LogP contribution in [0.3, 0.4) is 0 Å². The minimum atomic E-state index is 0.572. The van der Waals surface area contributed by atoms with Gasteiger partial charge in [0.1, 0.15) is 0 Å². The molecule has 1 atom stereocenters. The molecule has 1 saturated heterocycles. The summed E-state index contributed by atoms with van der Waals surface area (Å²) in [5, 5.41) is 3.57. The molecule has 2 aliphatic rings. The fraction of sp³-hybridized carbons (Fsp3) is 0.684. The van der Waals surface area contributed by atoms with Crippen LogP contribution in [0.1, 0.15) is 50.6 Å². The Labute approximate surface area is 129 Å². The van der Waals surface area contributed by atoms with E-state index in [9.17, 15) is 0 Å². The van der Waals surface area contributed by atoms with Gasteiger partial charge in [0.15, 0.2) is 0 Å². The molecule has 0 radical (unpaired) electrons. The third kappa shape index (κ3) is 4.08. The number of piperazine rings is 1. The van der Waals surface area contributed by atoms with Gasteiger partial charge >= 0.3 is 0 Å². The van der Waals surface area contributed by atoms with Crippen molar-refractivity contribution in [3.8, 4) is 0 Å². The molecule has 116 valence electrons. The Morgan fingerprint density at radius 3 is 2.62 bits per heavy atom. The zero-order chi connectivity index (χ0) is 14.5. The number of nitrogens with zero attached hydrogens (tertiary/aromatic N) is 1. The van der Waals surface area contributed by atoms with Gasteiger partial charge in [-0.2, -0.15) is 0 Å². The summed E-state index contributed by atoms with van der Waals surface area (Å²) in [5.74, 6) is 1.95. The topological polar surface area (TPSA) is 15.3 Å². The molecule has 1 saturated carbocycles. The predicted molar refractivity (Wildman–Crippen MR) is 89.4 cm³/mol. The molecular formula is C19H30N2. The number of hydrogen-bond acceptors (Lipinski definition) is 2. The van der Waals surface area contributed by atoms with E-state index >= 15 is 0 Å². The van der Waals surface area contributed by atoms with Crippen molar-refractivity contribution >= 4 is 0 Å². The molecule has 1 heterocycles. The lowest BCUT2D eigenvalue weighted by molar-refractivity contribution is 0.142. The highest BCUT2D eigenvalue weighted by atomic mass is 15.2. The molecule has 1 unspecified atom stereocenters. The lowest BCUT2D eigenvalue weighted by atomic mass is 9.81. The summed E-state index contributed by atoms with van der Waals surface area (Å²) in [6, 6.07) is 11.6. The van der Waals surface area contributed by atoms with Crippen LogP contribution in [0.25, 0.3) is 0 Å². The molecule has 2 heteroatoms. The Morgan fingerprint density at radius 1 is 1.10 bits per heavy atom. The Morgan fingerprint density at radius 2 is 1.86 bits per heavy atom. The summed E-state index contributed by atoms with van der Waals surface area (Å²) in [7, 11) is 0. The average molecular weight is 286 g/mol. The van der Waals surface area contributed by atoms with Gasteiger partial charge in [0.25, 0.3) is 0 Å². The van der Waals surface area contributed by atoms with Crippen LogP contribution in [-0.4, -0.2) is 31.1 Å². The molecule has 1 aliphatic carbocycles. The van der Waals surface area contributed by atoms with Crippen molar-refractivity contribution < 1.29 is 0 Å². The standard InChI is InChI=1S/C19H30N2/c1-16-7-9-17(10-8-16)11-13-21-14-12-20-15-19(21)18-5-3-2-4-6-18/h2-6,16-17,19-20H,7-15H2,1H3.